The third-order valence-corrected chi connectivity index (χ3v) is 4.41. The molecule has 0 bridgehead atoms. The Hall–Kier alpha value is -3.35. The molecule has 0 atom stereocenters. The molecule has 2 N–H and O–H groups in total. The minimum atomic E-state index is -0.150. The molecule has 0 saturated carbocycles. The zero-order valence-electron chi connectivity index (χ0n) is 14.7. The molecule has 0 fully saturated rings. The summed E-state index contributed by atoms with van der Waals surface area (Å²) in [5.74, 6) is 1.98. The highest BCUT2D eigenvalue weighted by Crippen LogP contribution is 2.32. The van der Waals surface area contributed by atoms with E-state index in [4.69, 9.17) is 9.47 Å². The molecule has 0 spiro atoms. The van der Waals surface area contributed by atoms with Crippen LogP contribution in [0.4, 0.5) is 0 Å². The van der Waals surface area contributed by atoms with Crippen molar-refractivity contribution in [3.63, 3.8) is 0 Å². The molecule has 7 heteroatoms. The van der Waals surface area contributed by atoms with Gasteiger partial charge in [-0.3, -0.25) is 9.59 Å². The summed E-state index contributed by atoms with van der Waals surface area (Å²) in [4.78, 5) is 31.3. The van der Waals surface area contributed by atoms with Gasteiger partial charge in [-0.05, 0) is 36.2 Å². The van der Waals surface area contributed by atoms with Crippen molar-refractivity contribution in [3.8, 4) is 11.5 Å². The highest BCUT2D eigenvalue weighted by Gasteiger charge is 2.13. The van der Waals surface area contributed by atoms with Gasteiger partial charge >= 0.3 is 0 Å². The summed E-state index contributed by atoms with van der Waals surface area (Å²) >= 11 is 0. The number of hydrogen-bond donors (Lipinski definition) is 2. The van der Waals surface area contributed by atoms with Crippen LogP contribution in [0.1, 0.15) is 24.2 Å². The number of aryl methyl sites for hydroxylation is 1. The maximum absolute atomic E-state index is 12.1. The van der Waals surface area contributed by atoms with Gasteiger partial charge in [0.05, 0.1) is 10.9 Å². The Morgan fingerprint density at radius 3 is 2.93 bits per heavy atom. The number of benzene rings is 2. The number of aromatic nitrogens is 2. The van der Waals surface area contributed by atoms with Crippen LogP contribution < -0.4 is 20.3 Å². The fourth-order valence-electron chi connectivity index (χ4n) is 3.01. The molecule has 138 valence electrons. The molecule has 1 amide bonds. The highest BCUT2D eigenvalue weighted by atomic mass is 16.7. The third kappa shape index (κ3) is 3.92. The minimum absolute atomic E-state index is 0.0456. The molecule has 4 rings (SSSR count). The Kier molecular flexibility index (Phi) is 4.74. The summed E-state index contributed by atoms with van der Waals surface area (Å²) in [5, 5.41) is 3.46. The Bertz CT molecular complexity index is 1040. The van der Waals surface area contributed by atoms with Gasteiger partial charge in [-0.15, -0.1) is 0 Å². The van der Waals surface area contributed by atoms with Crippen LogP contribution in [-0.2, 0) is 17.8 Å². The number of nitrogens with one attached hydrogen (secondary N) is 2. The average molecular weight is 365 g/mol. The Labute approximate surface area is 155 Å². The first-order chi connectivity index (χ1) is 13.2. The number of carbonyl (C=O) groups is 1. The van der Waals surface area contributed by atoms with Gasteiger partial charge in [0, 0.05) is 19.4 Å². The molecule has 27 heavy (non-hydrogen) atoms. The van der Waals surface area contributed by atoms with Gasteiger partial charge in [-0.2, -0.15) is 0 Å². The van der Waals surface area contributed by atoms with E-state index < -0.39 is 0 Å². The molecule has 1 aromatic heterocycles. The second-order valence-electron chi connectivity index (χ2n) is 6.35. The van der Waals surface area contributed by atoms with Gasteiger partial charge in [0.1, 0.15) is 5.82 Å². The van der Waals surface area contributed by atoms with E-state index in [1.54, 1.807) is 6.07 Å². The van der Waals surface area contributed by atoms with Crippen molar-refractivity contribution in [2.75, 3.05) is 6.79 Å². The average Bonchev–Trinajstić information content (AvgIpc) is 3.14. The number of para-hydroxylation sites is 1. The van der Waals surface area contributed by atoms with Gasteiger partial charge in [0.15, 0.2) is 11.5 Å². The lowest BCUT2D eigenvalue weighted by molar-refractivity contribution is -0.121. The van der Waals surface area contributed by atoms with Gasteiger partial charge in [0.25, 0.3) is 5.56 Å². The number of rotatable bonds is 6. The normalized spacial score (nSPS) is 12.3. The predicted molar refractivity (Wildman–Crippen MR) is 99.7 cm³/mol. The van der Waals surface area contributed by atoms with E-state index in [1.807, 2.05) is 36.4 Å². The number of amides is 1. The van der Waals surface area contributed by atoms with Gasteiger partial charge in [-0.1, -0.05) is 18.2 Å². The van der Waals surface area contributed by atoms with E-state index in [1.165, 1.54) is 0 Å². The number of fused-ring (bicyclic) bond motifs is 2. The van der Waals surface area contributed by atoms with E-state index in [-0.39, 0.29) is 18.3 Å². The van der Waals surface area contributed by atoms with E-state index in [0.29, 0.717) is 48.3 Å². The van der Waals surface area contributed by atoms with Crippen molar-refractivity contribution in [2.24, 2.45) is 0 Å². The SMILES string of the molecule is O=C(CCCc1nc2ccccc2c(=O)[nH]1)NCc1ccc2c(c1)OCO2. The molecule has 1 aliphatic rings. The van der Waals surface area contributed by atoms with Crippen LogP contribution in [0, 0.1) is 0 Å². The first-order valence-electron chi connectivity index (χ1n) is 8.82. The summed E-state index contributed by atoms with van der Waals surface area (Å²) < 4.78 is 10.6. The van der Waals surface area contributed by atoms with Crippen LogP contribution >= 0.6 is 0 Å². The molecular formula is C20H19N3O4. The van der Waals surface area contributed by atoms with E-state index in [0.717, 1.165) is 11.3 Å². The third-order valence-electron chi connectivity index (χ3n) is 4.41. The van der Waals surface area contributed by atoms with E-state index >= 15 is 0 Å². The van der Waals surface area contributed by atoms with Crippen molar-refractivity contribution in [1.29, 1.82) is 0 Å². The van der Waals surface area contributed by atoms with Crippen LogP contribution in [0.2, 0.25) is 0 Å². The van der Waals surface area contributed by atoms with Crippen molar-refractivity contribution < 1.29 is 14.3 Å². The lowest BCUT2D eigenvalue weighted by Crippen LogP contribution is -2.22. The molecule has 1 aliphatic heterocycles. The first-order valence-corrected chi connectivity index (χ1v) is 8.82. The van der Waals surface area contributed by atoms with Gasteiger partial charge < -0.3 is 19.8 Å². The molecule has 0 radical (unpaired) electrons. The number of carbonyl (C=O) groups excluding carboxylic acids is 1. The monoisotopic (exact) mass is 365 g/mol. The Morgan fingerprint density at radius 2 is 2.00 bits per heavy atom. The zero-order valence-corrected chi connectivity index (χ0v) is 14.7. The summed E-state index contributed by atoms with van der Waals surface area (Å²) in [6.45, 7) is 0.663. The quantitative estimate of drug-likeness (QED) is 0.699. The van der Waals surface area contributed by atoms with Gasteiger partial charge in [0.2, 0.25) is 12.7 Å². The first kappa shape index (κ1) is 17.1. The molecular weight excluding hydrogens is 346 g/mol. The molecule has 0 unspecified atom stereocenters. The smallest absolute Gasteiger partial charge is 0.258 e. The molecule has 0 saturated heterocycles. The highest BCUT2D eigenvalue weighted by molar-refractivity contribution is 5.77. The molecule has 3 aromatic rings. The molecule has 2 heterocycles. The van der Waals surface area contributed by atoms with Crippen LogP contribution in [0.5, 0.6) is 11.5 Å². The summed E-state index contributed by atoms with van der Waals surface area (Å²) in [7, 11) is 0. The van der Waals surface area contributed by atoms with Crippen LogP contribution in [0.3, 0.4) is 0 Å². The molecule has 2 aromatic carbocycles. The fraction of sp³-hybridized carbons (Fsp3) is 0.250. The van der Waals surface area contributed by atoms with E-state index in [9.17, 15) is 9.59 Å². The lowest BCUT2D eigenvalue weighted by atomic mass is 10.2. The maximum Gasteiger partial charge on any atom is 0.258 e. The second kappa shape index (κ2) is 7.49. The summed E-state index contributed by atoms with van der Waals surface area (Å²) in [5.41, 5.74) is 1.47. The van der Waals surface area contributed by atoms with Crippen molar-refractivity contribution >= 4 is 16.8 Å². The van der Waals surface area contributed by atoms with Gasteiger partial charge in [-0.25, -0.2) is 4.98 Å². The Balaban J connectivity index is 1.28. The molecule has 0 aliphatic carbocycles. The zero-order chi connectivity index (χ0) is 18.6. The van der Waals surface area contributed by atoms with Crippen molar-refractivity contribution in [2.45, 2.75) is 25.8 Å². The largest absolute Gasteiger partial charge is 0.454 e. The number of ether oxygens (including phenoxy) is 2. The number of aromatic amines is 1. The lowest BCUT2D eigenvalue weighted by Gasteiger charge is -2.07. The second-order valence-corrected chi connectivity index (χ2v) is 6.35. The summed E-state index contributed by atoms with van der Waals surface area (Å²) in [6, 6.07) is 12.8. The molecule has 7 nitrogen and oxygen atoms in total. The number of nitrogens with zero attached hydrogens (tertiary/aromatic N) is 1. The van der Waals surface area contributed by atoms with Crippen LogP contribution in [-0.4, -0.2) is 22.7 Å². The van der Waals surface area contributed by atoms with Crippen LogP contribution in [0.15, 0.2) is 47.3 Å². The Morgan fingerprint density at radius 1 is 1.15 bits per heavy atom. The van der Waals surface area contributed by atoms with Crippen LogP contribution in [0.25, 0.3) is 10.9 Å². The number of hydrogen-bond acceptors (Lipinski definition) is 5. The fourth-order valence-corrected chi connectivity index (χ4v) is 3.01. The van der Waals surface area contributed by atoms with Crippen molar-refractivity contribution in [3.05, 3.63) is 64.2 Å². The van der Waals surface area contributed by atoms with E-state index in [2.05, 4.69) is 15.3 Å². The standard InChI is InChI=1S/C20H19N3O4/c24-19(21-11-13-8-9-16-17(10-13)27-12-26-16)7-3-6-18-22-15-5-2-1-4-14(15)20(25)23-18/h1-2,4-5,8-10H,3,6-7,11-12H2,(H,21,24)(H,22,23,25). The predicted octanol–water partition coefficient (Wildman–Crippen LogP) is 2.29. The maximum atomic E-state index is 12.1. The number of H-pyrrole nitrogens is 1. The summed E-state index contributed by atoms with van der Waals surface area (Å²) in [6.07, 6.45) is 1.51. The van der Waals surface area contributed by atoms with Crippen molar-refractivity contribution in [1.82, 2.24) is 15.3 Å². The minimum Gasteiger partial charge on any atom is -0.454 e. The topological polar surface area (TPSA) is 93.3 Å².